The largest absolute Gasteiger partial charge is 0.292 e. The van der Waals surface area contributed by atoms with Crippen molar-refractivity contribution in [2.45, 2.75) is 31.6 Å². The lowest BCUT2D eigenvalue weighted by Crippen LogP contribution is -2.20. The van der Waals surface area contributed by atoms with E-state index in [2.05, 4.69) is 17.0 Å². The molecule has 0 unspecified atom stereocenters. The van der Waals surface area contributed by atoms with Crippen molar-refractivity contribution in [1.29, 1.82) is 0 Å². The molecule has 160 valence electrons. The molecule has 0 saturated heterocycles. The van der Waals surface area contributed by atoms with Gasteiger partial charge in [0, 0.05) is 33.6 Å². The number of aromatic amines is 1. The zero-order chi connectivity index (χ0) is 21.8. The number of aliphatic imine (C=N–C) groups is 1. The lowest BCUT2D eigenvalue weighted by molar-refractivity contribution is 0.790. The highest BCUT2D eigenvalue weighted by Gasteiger charge is 2.19. The summed E-state index contributed by atoms with van der Waals surface area (Å²) in [4.78, 5) is 23.8. The summed E-state index contributed by atoms with van der Waals surface area (Å²) in [5, 5.41) is 4.67. The molecule has 2 aromatic heterocycles. The second-order valence-corrected chi connectivity index (χ2v) is 9.70. The number of halogens is 1. The molecule has 0 bridgehead atoms. The molecule has 0 fully saturated rings. The first-order chi connectivity index (χ1) is 15.1. The molecule has 31 heavy (non-hydrogen) atoms. The number of para-hydroxylation sites is 1. The van der Waals surface area contributed by atoms with Gasteiger partial charge >= 0.3 is 0 Å². The molecule has 5 nitrogen and oxygen atoms in total. The molecule has 4 aromatic rings. The van der Waals surface area contributed by atoms with E-state index in [-0.39, 0.29) is 5.56 Å². The fourth-order valence-electron chi connectivity index (χ4n) is 3.36. The molecular weight excluding hydrogens is 448 g/mol. The molecule has 2 aromatic carbocycles. The van der Waals surface area contributed by atoms with Gasteiger partial charge in [-0.2, -0.15) is 4.68 Å². The Balaban J connectivity index is 1.56. The number of hydrogen-bond donors (Lipinski definition) is 1. The van der Waals surface area contributed by atoms with E-state index in [1.165, 1.54) is 11.3 Å². The summed E-state index contributed by atoms with van der Waals surface area (Å²) in [5.41, 5.74) is 3.15. The SMILES string of the molecule is CCCc1[nH]n(-c2nc3ccccc3s2)c(=O)c1C(C)=NCCSc1ccc(Cl)cc1. The molecule has 0 aliphatic carbocycles. The topological polar surface area (TPSA) is 63.0 Å². The minimum Gasteiger partial charge on any atom is -0.292 e. The van der Waals surface area contributed by atoms with Crippen molar-refractivity contribution in [2.75, 3.05) is 12.3 Å². The van der Waals surface area contributed by atoms with Crippen molar-refractivity contribution < 1.29 is 0 Å². The van der Waals surface area contributed by atoms with Crippen LogP contribution >= 0.6 is 34.7 Å². The number of benzene rings is 2. The summed E-state index contributed by atoms with van der Waals surface area (Å²) in [6.45, 7) is 4.65. The number of H-pyrrole nitrogens is 1. The Morgan fingerprint density at radius 1 is 1.23 bits per heavy atom. The van der Waals surface area contributed by atoms with E-state index in [0.717, 1.165) is 50.1 Å². The molecule has 4 rings (SSSR count). The monoisotopic (exact) mass is 470 g/mol. The Hall–Kier alpha value is -2.35. The van der Waals surface area contributed by atoms with Gasteiger partial charge in [0.1, 0.15) is 0 Å². The highest BCUT2D eigenvalue weighted by molar-refractivity contribution is 7.99. The van der Waals surface area contributed by atoms with Crippen molar-refractivity contribution in [1.82, 2.24) is 14.8 Å². The summed E-state index contributed by atoms with van der Waals surface area (Å²) in [6.07, 6.45) is 1.72. The number of nitrogens with zero attached hydrogens (tertiary/aromatic N) is 3. The van der Waals surface area contributed by atoms with E-state index >= 15 is 0 Å². The van der Waals surface area contributed by atoms with Gasteiger partial charge in [0.2, 0.25) is 5.13 Å². The fraction of sp³-hybridized carbons (Fsp3) is 0.261. The van der Waals surface area contributed by atoms with Crippen molar-refractivity contribution in [3.63, 3.8) is 0 Å². The number of aromatic nitrogens is 3. The van der Waals surface area contributed by atoms with Crippen molar-refractivity contribution in [3.05, 3.63) is 75.2 Å². The number of rotatable bonds is 8. The number of thioether (sulfide) groups is 1. The molecule has 0 aliphatic rings. The van der Waals surface area contributed by atoms with Crippen LogP contribution in [0.5, 0.6) is 0 Å². The molecular formula is C23H23ClN4OS2. The zero-order valence-electron chi connectivity index (χ0n) is 17.4. The van der Waals surface area contributed by atoms with Crippen LogP contribution in [0.2, 0.25) is 5.02 Å². The van der Waals surface area contributed by atoms with Crippen LogP contribution in [0.3, 0.4) is 0 Å². The van der Waals surface area contributed by atoms with Gasteiger partial charge in [-0.25, -0.2) is 4.98 Å². The van der Waals surface area contributed by atoms with Crippen LogP contribution in [0.1, 0.15) is 31.5 Å². The number of aryl methyl sites for hydroxylation is 1. The number of fused-ring (bicyclic) bond motifs is 1. The van der Waals surface area contributed by atoms with Gasteiger partial charge in [-0.3, -0.25) is 14.9 Å². The molecule has 1 N–H and O–H groups in total. The number of thiazole rings is 1. The van der Waals surface area contributed by atoms with Crippen LogP contribution in [-0.4, -0.2) is 32.8 Å². The van der Waals surface area contributed by atoms with E-state index in [4.69, 9.17) is 16.6 Å². The van der Waals surface area contributed by atoms with E-state index in [0.29, 0.717) is 17.2 Å². The Labute approximate surface area is 194 Å². The van der Waals surface area contributed by atoms with Gasteiger partial charge in [0.15, 0.2) is 0 Å². The quantitative estimate of drug-likeness (QED) is 0.195. The molecule has 0 saturated carbocycles. The summed E-state index contributed by atoms with van der Waals surface area (Å²) in [5.74, 6) is 0.832. The van der Waals surface area contributed by atoms with E-state index in [1.54, 1.807) is 16.4 Å². The first-order valence-electron chi connectivity index (χ1n) is 10.2. The lowest BCUT2D eigenvalue weighted by atomic mass is 10.1. The maximum Gasteiger partial charge on any atom is 0.282 e. The predicted octanol–water partition coefficient (Wildman–Crippen LogP) is 5.98. The third-order valence-electron chi connectivity index (χ3n) is 4.82. The Bertz CT molecular complexity index is 1240. The molecule has 0 spiro atoms. The van der Waals surface area contributed by atoms with Gasteiger partial charge in [0.25, 0.3) is 5.56 Å². The maximum atomic E-state index is 13.3. The maximum absolute atomic E-state index is 13.3. The third-order valence-corrected chi connectivity index (χ3v) is 7.09. The minimum atomic E-state index is -0.0888. The summed E-state index contributed by atoms with van der Waals surface area (Å²) in [7, 11) is 0. The molecule has 0 amide bonds. The van der Waals surface area contributed by atoms with Crippen molar-refractivity contribution >= 4 is 50.6 Å². The van der Waals surface area contributed by atoms with Gasteiger partial charge in [0.05, 0.1) is 15.8 Å². The second-order valence-electron chi connectivity index (χ2n) is 7.09. The first-order valence-corrected chi connectivity index (χ1v) is 12.3. The highest BCUT2D eigenvalue weighted by Crippen LogP contribution is 2.24. The molecule has 0 aliphatic heterocycles. The molecule has 0 radical (unpaired) electrons. The summed E-state index contributed by atoms with van der Waals surface area (Å²) < 4.78 is 2.62. The highest BCUT2D eigenvalue weighted by atomic mass is 35.5. The van der Waals surface area contributed by atoms with Crippen LogP contribution in [0.4, 0.5) is 0 Å². The Morgan fingerprint density at radius 2 is 2.00 bits per heavy atom. The van der Waals surface area contributed by atoms with Crippen LogP contribution in [0.25, 0.3) is 15.3 Å². The Kier molecular flexibility index (Phi) is 6.95. The smallest absolute Gasteiger partial charge is 0.282 e. The minimum absolute atomic E-state index is 0.0888. The molecule has 2 heterocycles. The average molecular weight is 471 g/mol. The van der Waals surface area contributed by atoms with Crippen LogP contribution in [0, 0.1) is 0 Å². The van der Waals surface area contributed by atoms with Gasteiger partial charge in [-0.05, 0) is 49.7 Å². The lowest BCUT2D eigenvalue weighted by Gasteiger charge is -2.02. The normalized spacial score (nSPS) is 12.0. The van der Waals surface area contributed by atoms with Crippen molar-refractivity contribution in [3.8, 4) is 5.13 Å². The third kappa shape index (κ3) is 4.95. The first kappa shape index (κ1) is 21.9. The van der Waals surface area contributed by atoms with Crippen molar-refractivity contribution in [2.24, 2.45) is 4.99 Å². The number of hydrogen-bond acceptors (Lipinski definition) is 5. The Morgan fingerprint density at radius 3 is 2.74 bits per heavy atom. The summed E-state index contributed by atoms with van der Waals surface area (Å²) in [6, 6.07) is 15.7. The van der Waals surface area contributed by atoms with Gasteiger partial charge < -0.3 is 0 Å². The van der Waals surface area contributed by atoms with E-state index in [1.807, 2.05) is 55.5 Å². The fourth-order valence-corrected chi connectivity index (χ4v) is 5.16. The molecule has 0 atom stereocenters. The van der Waals surface area contributed by atoms with E-state index in [9.17, 15) is 4.79 Å². The van der Waals surface area contributed by atoms with Crippen LogP contribution < -0.4 is 5.56 Å². The second kappa shape index (κ2) is 9.85. The summed E-state index contributed by atoms with van der Waals surface area (Å²) >= 11 is 9.17. The van der Waals surface area contributed by atoms with Crippen LogP contribution in [0.15, 0.2) is 63.2 Å². The van der Waals surface area contributed by atoms with E-state index < -0.39 is 0 Å². The molecule has 8 heteroatoms. The average Bonchev–Trinajstić information content (AvgIpc) is 3.33. The standard InChI is InChI=1S/C23H23ClN4OS2/c1-3-6-19-21(15(2)25-13-14-30-17-11-9-16(24)10-12-17)22(29)28(27-19)23-26-18-7-4-5-8-20(18)31-23/h4-5,7-12,27H,3,6,13-14H2,1-2H3. The van der Waals surface area contributed by atoms with Crippen LogP contribution in [-0.2, 0) is 6.42 Å². The predicted molar refractivity (Wildman–Crippen MR) is 133 cm³/mol. The zero-order valence-corrected chi connectivity index (χ0v) is 19.8. The number of nitrogens with one attached hydrogen (secondary N) is 1. The van der Waals surface area contributed by atoms with Gasteiger partial charge in [-0.15, -0.1) is 11.8 Å². The van der Waals surface area contributed by atoms with Gasteiger partial charge in [-0.1, -0.05) is 48.4 Å².